The minimum Gasteiger partial charge on any atom is -0.359 e. The first-order chi connectivity index (χ1) is 7.88. The van der Waals surface area contributed by atoms with Crippen molar-refractivity contribution in [3.8, 4) is 0 Å². The number of alkyl halides is 1. The van der Waals surface area contributed by atoms with Crippen LogP contribution >= 0.6 is 11.6 Å². The number of hydrogen-bond acceptors (Lipinski definition) is 3. The van der Waals surface area contributed by atoms with Crippen LogP contribution in [0.1, 0.15) is 33.6 Å². The van der Waals surface area contributed by atoms with Crippen molar-refractivity contribution in [2.45, 2.75) is 44.7 Å². The van der Waals surface area contributed by atoms with Crippen LogP contribution in [0.2, 0.25) is 0 Å². The molecule has 1 fully saturated rings. The van der Waals surface area contributed by atoms with Crippen LogP contribution in [-0.2, 0) is 5.54 Å². The van der Waals surface area contributed by atoms with E-state index in [-0.39, 0.29) is 16.6 Å². The molecule has 0 amide bonds. The van der Waals surface area contributed by atoms with Crippen molar-refractivity contribution in [3.05, 3.63) is 22.7 Å². The second kappa shape index (κ2) is 4.02. The first kappa shape index (κ1) is 12.4. The zero-order chi connectivity index (χ0) is 12.7. The Bertz CT molecular complexity index is 471. The van der Waals surface area contributed by atoms with E-state index in [1.54, 1.807) is 17.0 Å². The van der Waals surface area contributed by atoms with Crippen LogP contribution in [0, 0.1) is 0 Å². The molecule has 0 aromatic carbocycles. The largest absolute Gasteiger partial charge is 0.359 e. The SMILES string of the molecule is CC(C)(C)n1ccnc(NC2(CCl)CC2)c1=O. The average molecular weight is 256 g/mol. The lowest BCUT2D eigenvalue weighted by atomic mass is 10.1. The number of nitrogens with zero attached hydrogens (tertiary/aromatic N) is 2. The summed E-state index contributed by atoms with van der Waals surface area (Å²) in [6.45, 7) is 5.98. The summed E-state index contributed by atoms with van der Waals surface area (Å²) in [5, 5.41) is 3.18. The lowest BCUT2D eigenvalue weighted by Crippen LogP contribution is -2.37. The molecule has 2 rings (SSSR count). The smallest absolute Gasteiger partial charge is 0.293 e. The van der Waals surface area contributed by atoms with E-state index in [1.165, 1.54) is 0 Å². The van der Waals surface area contributed by atoms with E-state index in [0.717, 1.165) is 12.8 Å². The van der Waals surface area contributed by atoms with Crippen molar-refractivity contribution in [3.63, 3.8) is 0 Å². The fourth-order valence-electron chi connectivity index (χ4n) is 1.72. The molecule has 1 heterocycles. The molecule has 0 spiro atoms. The number of hydrogen-bond donors (Lipinski definition) is 1. The fraction of sp³-hybridized carbons (Fsp3) is 0.667. The van der Waals surface area contributed by atoms with Gasteiger partial charge in [-0.2, -0.15) is 0 Å². The van der Waals surface area contributed by atoms with Gasteiger partial charge in [-0.05, 0) is 33.6 Å². The molecule has 1 saturated carbocycles. The third-order valence-electron chi connectivity index (χ3n) is 3.06. The molecule has 1 aliphatic carbocycles. The fourth-order valence-corrected chi connectivity index (χ4v) is 2.05. The van der Waals surface area contributed by atoms with Gasteiger partial charge >= 0.3 is 0 Å². The van der Waals surface area contributed by atoms with Crippen LogP contribution in [0.25, 0.3) is 0 Å². The van der Waals surface area contributed by atoms with Crippen molar-refractivity contribution < 1.29 is 0 Å². The molecule has 1 aromatic rings. The molecular weight excluding hydrogens is 238 g/mol. The molecular formula is C12H18ClN3O. The van der Waals surface area contributed by atoms with E-state index in [9.17, 15) is 4.79 Å². The lowest BCUT2D eigenvalue weighted by molar-refractivity contribution is 0.383. The molecule has 17 heavy (non-hydrogen) atoms. The summed E-state index contributed by atoms with van der Waals surface area (Å²) in [7, 11) is 0. The Morgan fingerprint density at radius 1 is 1.53 bits per heavy atom. The third-order valence-corrected chi connectivity index (χ3v) is 3.57. The molecule has 1 aliphatic rings. The molecule has 94 valence electrons. The minimum absolute atomic E-state index is 0.0867. The molecule has 0 bridgehead atoms. The van der Waals surface area contributed by atoms with Crippen LogP contribution in [0.5, 0.6) is 0 Å². The molecule has 0 saturated heterocycles. The highest BCUT2D eigenvalue weighted by molar-refractivity contribution is 6.19. The topological polar surface area (TPSA) is 46.9 Å². The second-order valence-electron chi connectivity index (χ2n) is 5.66. The summed E-state index contributed by atoms with van der Waals surface area (Å²) in [5.41, 5.74) is -0.435. The molecule has 0 atom stereocenters. The van der Waals surface area contributed by atoms with Gasteiger partial charge in [0, 0.05) is 23.8 Å². The standard InChI is InChI=1S/C12H18ClN3O/c1-11(2,3)16-7-6-14-9(10(16)17)15-12(8-13)4-5-12/h6-7H,4-5,8H2,1-3H3,(H,14,15). The van der Waals surface area contributed by atoms with E-state index in [1.807, 2.05) is 20.8 Å². The maximum Gasteiger partial charge on any atom is 0.293 e. The first-order valence-corrected chi connectivity index (χ1v) is 6.34. The minimum atomic E-state index is -0.242. The predicted molar refractivity (Wildman–Crippen MR) is 69.8 cm³/mol. The summed E-state index contributed by atoms with van der Waals surface area (Å²) in [4.78, 5) is 16.4. The van der Waals surface area contributed by atoms with Crippen LogP contribution in [0.3, 0.4) is 0 Å². The van der Waals surface area contributed by atoms with Crippen LogP contribution in [0.15, 0.2) is 17.2 Å². The van der Waals surface area contributed by atoms with Gasteiger partial charge in [-0.15, -0.1) is 11.6 Å². The monoisotopic (exact) mass is 255 g/mol. The maximum atomic E-state index is 12.2. The Balaban J connectivity index is 2.34. The van der Waals surface area contributed by atoms with Gasteiger partial charge in [0.1, 0.15) is 0 Å². The third kappa shape index (κ3) is 2.46. The second-order valence-corrected chi connectivity index (χ2v) is 5.93. The zero-order valence-corrected chi connectivity index (χ0v) is 11.2. The van der Waals surface area contributed by atoms with Crippen molar-refractivity contribution in [1.29, 1.82) is 0 Å². The van der Waals surface area contributed by atoms with E-state index < -0.39 is 0 Å². The molecule has 0 unspecified atom stereocenters. The Morgan fingerprint density at radius 2 is 2.18 bits per heavy atom. The Labute approximate surface area is 106 Å². The van der Waals surface area contributed by atoms with Gasteiger partial charge in [0.05, 0.1) is 5.54 Å². The Hall–Kier alpha value is -1.03. The molecule has 0 aliphatic heterocycles. The number of halogens is 1. The quantitative estimate of drug-likeness (QED) is 0.843. The molecule has 5 heteroatoms. The first-order valence-electron chi connectivity index (χ1n) is 5.80. The van der Waals surface area contributed by atoms with Crippen molar-refractivity contribution in [2.75, 3.05) is 11.2 Å². The predicted octanol–water partition coefficient (Wildman–Crippen LogP) is 2.18. The lowest BCUT2D eigenvalue weighted by Gasteiger charge is -2.23. The summed E-state index contributed by atoms with van der Waals surface area (Å²) < 4.78 is 1.69. The van der Waals surface area contributed by atoms with Gasteiger partial charge in [-0.3, -0.25) is 4.79 Å². The number of rotatable bonds is 3. The summed E-state index contributed by atoms with van der Waals surface area (Å²) in [6.07, 6.45) is 5.37. The highest BCUT2D eigenvalue weighted by atomic mass is 35.5. The highest BCUT2D eigenvalue weighted by Gasteiger charge is 2.42. The van der Waals surface area contributed by atoms with Crippen molar-refractivity contribution in [1.82, 2.24) is 9.55 Å². The Kier molecular flexibility index (Phi) is 2.94. The maximum absolute atomic E-state index is 12.2. The Morgan fingerprint density at radius 3 is 2.65 bits per heavy atom. The van der Waals surface area contributed by atoms with E-state index in [0.29, 0.717) is 11.7 Å². The normalized spacial score (nSPS) is 17.9. The van der Waals surface area contributed by atoms with Crippen LogP contribution < -0.4 is 10.9 Å². The number of nitrogens with one attached hydrogen (secondary N) is 1. The van der Waals surface area contributed by atoms with Crippen molar-refractivity contribution >= 4 is 17.4 Å². The van der Waals surface area contributed by atoms with Gasteiger partial charge in [-0.25, -0.2) is 4.98 Å². The zero-order valence-electron chi connectivity index (χ0n) is 10.5. The van der Waals surface area contributed by atoms with E-state index in [2.05, 4.69) is 10.3 Å². The van der Waals surface area contributed by atoms with E-state index in [4.69, 9.17) is 11.6 Å². The molecule has 1 N–H and O–H groups in total. The molecule has 1 aromatic heterocycles. The van der Waals surface area contributed by atoms with Gasteiger partial charge in [0.25, 0.3) is 5.56 Å². The molecule has 4 nitrogen and oxygen atoms in total. The van der Waals surface area contributed by atoms with Gasteiger partial charge in [-0.1, -0.05) is 0 Å². The van der Waals surface area contributed by atoms with Gasteiger partial charge < -0.3 is 9.88 Å². The summed E-state index contributed by atoms with van der Waals surface area (Å²) in [5.74, 6) is 0.916. The number of anilines is 1. The molecule has 0 radical (unpaired) electrons. The summed E-state index contributed by atoms with van der Waals surface area (Å²) >= 11 is 5.89. The highest BCUT2D eigenvalue weighted by Crippen LogP contribution is 2.38. The summed E-state index contributed by atoms with van der Waals surface area (Å²) in [6, 6.07) is 0. The van der Waals surface area contributed by atoms with Crippen LogP contribution in [-0.4, -0.2) is 21.0 Å². The average Bonchev–Trinajstić information content (AvgIpc) is 3.00. The number of aromatic nitrogens is 2. The van der Waals surface area contributed by atoms with E-state index >= 15 is 0 Å². The van der Waals surface area contributed by atoms with Gasteiger partial charge in [0.15, 0.2) is 5.82 Å². The van der Waals surface area contributed by atoms with Crippen LogP contribution in [0.4, 0.5) is 5.82 Å². The van der Waals surface area contributed by atoms with Gasteiger partial charge in [0.2, 0.25) is 0 Å². The van der Waals surface area contributed by atoms with Crippen molar-refractivity contribution in [2.24, 2.45) is 0 Å².